The van der Waals surface area contributed by atoms with Crippen molar-refractivity contribution in [2.24, 2.45) is 0 Å². The van der Waals surface area contributed by atoms with E-state index >= 15 is 0 Å². The monoisotopic (exact) mass is 468 g/mol. The number of carboxylic acid groups (broad SMARTS) is 1. The molecule has 11 heteroatoms. The molecule has 0 aliphatic carbocycles. The Morgan fingerprint density at radius 3 is 2.40 bits per heavy atom. The average molecular weight is 469 g/mol. The highest BCUT2D eigenvalue weighted by Gasteiger charge is 2.19. The lowest BCUT2D eigenvalue weighted by atomic mass is 10.2. The van der Waals surface area contributed by atoms with Crippen molar-refractivity contribution in [2.45, 2.75) is 28.2 Å². The number of nitrogens with zero attached hydrogens (tertiary/aromatic N) is 1. The van der Waals surface area contributed by atoms with E-state index < -0.39 is 25.8 Å². The van der Waals surface area contributed by atoms with E-state index in [1.165, 1.54) is 17.8 Å². The molecule has 30 heavy (non-hydrogen) atoms. The van der Waals surface area contributed by atoms with E-state index in [2.05, 4.69) is 4.72 Å². The Kier molecular flexibility index (Phi) is 5.89. The van der Waals surface area contributed by atoms with Crippen molar-refractivity contribution in [3.8, 4) is 0 Å². The predicted molar refractivity (Wildman–Crippen MR) is 116 cm³/mol. The van der Waals surface area contributed by atoms with Crippen LogP contribution in [0.5, 0.6) is 0 Å². The predicted octanol–water partition coefficient (Wildman–Crippen LogP) is 2.96. The first-order valence-corrected chi connectivity index (χ1v) is 13.3. The second-order valence-electron chi connectivity index (χ2n) is 6.85. The molecule has 0 bridgehead atoms. The minimum atomic E-state index is -3.49. The molecule has 0 amide bonds. The summed E-state index contributed by atoms with van der Waals surface area (Å²) in [6.45, 7) is 1.51. The van der Waals surface area contributed by atoms with Crippen LogP contribution in [-0.2, 0) is 31.2 Å². The minimum absolute atomic E-state index is 0.179. The van der Waals surface area contributed by atoms with Gasteiger partial charge in [-0.05, 0) is 43.3 Å². The van der Waals surface area contributed by atoms with Crippen molar-refractivity contribution in [1.82, 2.24) is 4.57 Å². The van der Waals surface area contributed by atoms with Gasteiger partial charge in [0.15, 0.2) is 9.84 Å². The first-order valence-electron chi connectivity index (χ1n) is 8.65. The van der Waals surface area contributed by atoms with E-state index in [1.807, 2.05) is 0 Å². The van der Waals surface area contributed by atoms with Crippen molar-refractivity contribution < 1.29 is 26.7 Å². The molecular weight excluding hydrogens is 448 g/mol. The van der Waals surface area contributed by atoms with Gasteiger partial charge in [0.2, 0.25) is 10.0 Å². The molecule has 0 fully saturated rings. The van der Waals surface area contributed by atoms with Gasteiger partial charge in [0, 0.05) is 32.8 Å². The summed E-state index contributed by atoms with van der Waals surface area (Å²) in [6, 6.07) is 11.3. The summed E-state index contributed by atoms with van der Waals surface area (Å²) in [5.74, 6) is -1.01. The van der Waals surface area contributed by atoms with Gasteiger partial charge in [-0.3, -0.25) is 9.52 Å². The molecule has 0 spiro atoms. The van der Waals surface area contributed by atoms with Gasteiger partial charge >= 0.3 is 5.97 Å². The smallest absolute Gasteiger partial charge is 0.323 e. The van der Waals surface area contributed by atoms with Crippen LogP contribution in [0.3, 0.4) is 0 Å². The molecule has 0 radical (unpaired) electrons. The lowest BCUT2D eigenvalue weighted by Crippen LogP contribution is -2.10. The number of aromatic nitrogens is 1. The number of hydrogen-bond donors (Lipinski definition) is 2. The van der Waals surface area contributed by atoms with Crippen LogP contribution in [0.25, 0.3) is 10.9 Å². The number of carbonyl (C=O) groups is 1. The third-order valence-corrected chi connectivity index (χ3v) is 7.24. The molecule has 1 heterocycles. The quantitative estimate of drug-likeness (QED) is 0.546. The van der Waals surface area contributed by atoms with E-state index in [4.69, 9.17) is 0 Å². The summed E-state index contributed by atoms with van der Waals surface area (Å²) in [4.78, 5) is 12.9. The molecule has 0 saturated heterocycles. The highest BCUT2D eigenvalue weighted by atomic mass is 32.2. The van der Waals surface area contributed by atoms with E-state index in [-0.39, 0.29) is 11.4 Å². The third kappa shape index (κ3) is 4.97. The molecule has 2 N–H and O–H groups in total. The number of carboxylic acids is 1. The van der Waals surface area contributed by atoms with Gasteiger partial charge in [0.1, 0.15) is 6.54 Å². The highest BCUT2D eigenvalue weighted by molar-refractivity contribution is 7.99. The van der Waals surface area contributed by atoms with Crippen LogP contribution in [0.4, 0.5) is 5.69 Å². The normalized spacial score (nSPS) is 12.2. The summed E-state index contributed by atoms with van der Waals surface area (Å²) in [7, 11) is -6.87. The lowest BCUT2D eigenvalue weighted by Gasteiger charge is -2.06. The Morgan fingerprint density at radius 2 is 1.80 bits per heavy atom. The zero-order valence-corrected chi connectivity index (χ0v) is 18.9. The number of benzene rings is 2. The van der Waals surface area contributed by atoms with E-state index in [0.29, 0.717) is 32.1 Å². The Labute approximate surface area is 178 Å². The molecule has 0 aliphatic rings. The molecule has 0 unspecified atom stereocenters. The lowest BCUT2D eigenvalue weighted by molar-refractivity contribution is -0.137. The number of sulfonamides is 1. The SMILES string of the molecule is Cc1c(Sc2cccc(S(C)(=O)=O)c2)c2cc(NS(C)(=O)=O)ccc2n1CC(=O)O. The van der Waals surface area contributed by atoms with E-state index in [1.54, 1.807) is 47.9 Å². The number of sulfone groups is 1. The zero-order valence-electron chi connectivity index (χ0n) is 16.4. The van der Waals surface area contributed by atoms with Crippen molar-refractivity contribution in [3.63, 3.8) is 0 Å². The Morgan fingerprint density at radius 1 is 1.10 bits per heavy atom. The van der Waals surface area contributed by atoms with Crippen LogP contribution in [0.2, 0.25) is 0 Å². The van der Waals surface area contributed by atoms with Crippen molar-refractivity contribution >= 4 is 54.2 Å². The number of aliphatic carboxylic acids is 1. The van der Waals surface area contributed by atoms with Crippen LogP contribution < -0.4 is 4.72 Å². The average Bonchev–Trinajstić information content (AvgIpc) is 2.85. The largest absolute Gasteiger partial charge is 0.480 e. The first kappa shape index (κ1) is 22.2. The maximum Gasteiger partial charge on any atom is 0.323 e. The van der Waals surface area contributed by atoms with Crippen LogP contribution in [0, 0.1) is 6.92 Å². The fourth-order valence-electron chi connectivity index (χ4n) is 3.08. The van der Waals surface area contributed by atoms with Gasteiger partial charge in [-0.1, -0.05) is 17.8 Å². The molecular formula is C19H20N2O6S3. The fourth-order valence-corrected chi connectivity index (χ4v) is 5.48. The van der Waals surface area contributed by atoms with Gasteiger partial charge in [0.05, 0.1) is 16.7 Å². The molecule has 2 aromatic carbocycles. The number of fused-ring (bicyclic) bond motifs is 1. The van der Waals surface area contributed by atoms with Crippen LogP contribution in [-0.4, -0.2) is 45.0 Å². The zero-order chi connectivity index (χ0) is 22.3. The molecule has 0 saturated carbocycles. The molecule has 160 valence electrons. The van der Waals surface area contributed by atoms with Crippen LogP contribution in [0.15, 0.2) is 57.2 Å². The molecule has 3 rings (SSSR count). The van der Waals surface area contributed by atoms with Gasteiger partial charge in [-0.25, -0.2) is 16.8 Å². The van der Waals surface area contributed by atoms with Crippen LogP contribution in [0.1, 0.15) is 5.69 Å². The topological polar surface area (TPSA) is 123 Å². The van der Waals surface area contributed by atoms with Crippen molar-refractivity contribution in [3.05, 3.63) is 48.2 Å². The van der Waals surface area contributed by atoms with E-state index in [0.717, 1.165) is 12.5 Å². The van der Waals surface area contributed by atoms with E-state index in [9.17, 15) is 26.7 Å². The number of anilines is 1. The standard InChI is InChI=1S/C19H20N2O6S3/c1-12-19(28-14-5-4-6-15(10-14)29(2,24)25)16-9-13(20-30(3,26)27)7-8-17(16)21(12)11-18(22)23/h4-10,20H,11H2,1-3H3,(H,22,23). The second kappa shape index (κ2) is 7.97. The first-order chi connectivity index (χ1) is 13.8. The summed E-state index contributed by atoms with van der Waals surface area (Å²) in [6.07, 6.45) is 2.17. The summed E-state index contributed by atoms with van der Waals surface area (Å²) in [5.41, 5.74) is 1.67. The number of nitrogens with one attached hydrogen (secondary N) is 1. The molecule has 8 nitrogen and oxygen atoms in total. The number of rotatable bonds is 7. The molecule has 0 aliphatic heterocycles. The second-order valence-corrected chi connectivity index (χ2v) is 11.7. The maximum absolute atomic E-state index is 11.9. The Balaban J connectivity index is 2.17. The fraction of sp³-hybridized carbons (Fsp3) is 0.211. The van der Waals surface area contributed by atoms with Crippen molar-refractivity contribution in [2.75, 3.05) is 17.2 Å². The van der Waals surface area contributed by atoms with Crippen LogP contribution >= 0.6 is 11.8 Å². The molecule has 1 aromatic heterocycles. The molecule has 0 atom stereocenters. The third-order valence-electron chi connectivity index (χ3n) is 4.32. The Hall–Kier alpha value is -2.50. The minimum Gasteiger partial charge on any atom is -0.480 e. The Bertz CT molecular complexity index is 1360. The highest BCUT2D eigenvalue weighted by Crippen LogP contribution is 2.40. The summed E-state index contributed by atoms with van der Waals surface area (Å²) in [5, 5.41) is 9.96. The maximum atomic E-state index is 11.9. The molecule has 3 aromatic rings. The number of hydrogen-bond acceptors (Lipinski definition) is 6. The van der Waals surface area contributed by atoms with Crippen molar-refractivity contribution in [1.29, 1.82) is 0 Å². The van der Waals surface area contributed by atoms with Gasteiger partial charge in [-0.2, -0.15) is 0 Å². The van der Waals surface area contributed by atoms with Gasteiger partial charge < -0.3 is 9.67 Å². The summed E-state index contributed by atoms with van der Waals surface area (Å²) >= 11 is 1.29. The van der Waals surface area contributed by atoms with Gasteiger partial charge in [0.25, 0.3) is 0 Å². The van der Waals surface area contributed by atoms with Gasteiger partial charge in [-0.15, -0.1) is 0 Å². The summed E-state index contributed by atoms with van der Waals surface area (Å²) < 4.78 is 51.0.